The molecular formula is C13H16ClF3N2O. The summed E-state index contributed by atoms with van der Waals surface area (Å²) in [6.07, 6.45) is -5.88. The summed E-state index contributed by atoms with van der Waals surface area (Å²) in [5.41, 5.74) is 6.88. The van der Waals surface area contributed by atoms with E-state index in [0.717, 1.165) is 5.56 Å². The fraction of sp³-hybridized carbons (Fsp3) is 0.462. The molecule has 2 rings (SSSR count). The van der Waals surface area contributed by atoms with Gasteiger partial charge in [-0.2, -0.15) is 13.2 Å². The number of halogens is 4. The number of carbonyl (C=O) groups excluding carboxylic acids is 1. The van der Waals surface area contributed by atoms with Gasteiger partial charge in [0.1, 0.15) is 6.42 Å². The predicted molar refractivity (Wildman–Crippen MR) is 71.7 cm³/mol. The first-order valence-electron chi connectivity index (χ1n) is 6.02. The lowest BCUT2D eigenvalue weighted by molar-refractivity contribution is -0.160. The van der Waals surface area contributed by atoms with E-state index in [4.69, 9.17) is 5.73 Å². The monoisotopic (exact) mass is 308 g/mol. The third kappa shape index (κ3) is 4.11. The van der Waals surface area contributed by atoms with Gasteiger partial charge in [0, 0.05) is 25.0 Å². The van der Waals surface area contributed by atoms with Crippen LogP contribution >= 0.6 is 12.4 Å². The van der Waals surface area contributed by atoms with E-state index in [1.54, 1.807) is 0 Å². The van der Waals surface area contributed by atoms with E-state index in [9.17, 15) is 18.0 Å². The minimum absolute atomic E-state index is 0. The van der Waals surface area contributed by atoms with Gasteiger partial charge in [-0.15, -0.1) is 12.4 Å². The van der Waals surface area contributed by atoms with Gasteiger partial charge in [-0.3, -0.25) is 4.79 Å². The molecule has 0 unspecified atom stereocenters. The zero-order valence-corrected chi connectivity index (χ0v) is 11.5. The Hall–Kier alpha value is -1.27. The molecule has 0 saturated carbocycles. The Morgan fingerprint density at radius 2 is 1.85 bits per heavy atom. The molecule has 2 atom stereocenters. The maximum atomic E-state index is 12.2. The summed E-state index contributed by atoms with van der Waals surface area (Å²) in [5, 5.41) is 0. The van der Waals surface area contributed by atoms with Crippen LogP contribution in [0.1, 0.15) is 17.9 Å². The number of benzene rings is 1. The lowest BCUT2D eigenvalue weighted by Crippen LogP contribution is -2.34. The molecule has 3 nitrogen and oxygen atoms in total. The zero-order chi connectivity index (χ0) is 14.0. The van der Waals surface area contributed by atoms with E-state index in [-0.39, 0.29) is 37.5 Å². The number of rotatable bonds is 2. The minimum Gasteiger partial charge on any atom is -0.340 e. The van der Waals surface area contributed by atoms with Crippen molar-refractivity contribution in [3.05, 3.63) is 35.9 Å². The van der Waals surface area contributed by atoms with E-state index in [1.807, 2.05) is 30.3 Å². The first-order valence-corrected chi connectivity index (χ1v) is 6.02. The van der Waals surface area contributed by atoms with Crippen LogP contribution in [0.5, 0.6) is 0 Å². The number of nitrogens with two attached hydrogens (primary N) is 1. The molecule has 1 aliphatic rings. The van der Waals surface area contributed by atoms with Crippen LogP contribution in [-0.2, 0) is 4.79 Å². The number of hydrogen-bond acceptors (Lipinski definition) is 2. The standard InChI is InChI=1S/C13H15F3N2O.ClH/c14-13(15,16)6-12(19)18-7-10(11(17)8-18)9-4-2-1-3-5-9;/h1-5,10-11H,6-8,17H2;1H/t10-,11+;/m0./s1. The van der Waals surface area contributed by atoms with Gasteiger partial charge in [0.05, 0.1) is 0 Å². The van der Waals surface area contributed by atoms with E-state index in [0.29, 0.717) is 0 Å². The van der Waals surface area contributed by atoms with E-state index < -0.39 is 18.5 Å². The summed E-state index contributed by atoms with van der Waals surface area (Å²) in [5.74, 6) is -1.00. The van der Waals surface area contributed by atoms with Crippen molar-refractivity contribution in [2.75, 3.05) is 13.1 Å². The maximum absolute atomic E-state index is 12.2. The number of hydrogen-bond donors (Lipinski definition) is 1. The molecule has 2 N–H and O–H groups in total. The van der Waals surface area contributed by atoms with Gasteiger partial charge in [0.2, 0.25) is 5.91 Å². The lowest BCUT2D eigenvalue weighted by Gasteiger charge is -2.17. The Morgan fingerprint density at radius 1 is 1.25 bits per heavy atom. The molecule has 1 aromatic rings. The highest BCUT2D eigenvalue weighted by molar-refractivity contribution is 5.85. The van der Waals surface area contributed by atoms with Crippen LogP contribution in [0.15, 0.2) is 30.3 Å². The molecule has 0 aliphatic carbocycles. The molecule has 1 saturated heterocycles. The van der Waals surface area contributed by atoms with Gasteiger partial charge in [0.15, 0.2) is 0 Å². The van der Waals surface area contributed by atoms with Gasteiger partial charge in [-0.25, -0.2) is 0 Å². The second-order valence-electron chi connectivity index (χ2n) is 4.77. The number of amides is 1. The fourth-order valence-electron chi connectivity index (χ4n) is 2.37. The Labute approximate surface area is 121 Å². The molecule has 7 heteroatoms. The second kappa shape index (κ2) is 6.45. The molecule has 0 radical (unpaired) electrons. The Bertz CT molecular complexity index is 453. The number of likely N-dealkylation sites (tertiary alicyclic amines) is 1. The van der Waals surface area contributed by atoms with E-state index in [1.165, 1.54) is 4.90 Å². The summed E-state index contributed by atoms with van der Waals surface area (Å²) in [4.78, 5) is 12.7. The molecule has 1 fully saturated rings. The van der Waals surface area contributed by atoms with Crippen molar-refractivity contribution in [3.8, 4) is 0 Å². The zero-order valence-electron chi connectivity index (χ0n) is 10.6. The average Bonchev–Trinajstić information content (AvgIpc) is 2.70. The third-order valence-electron chi connectivity index (χ3n) is 3.30. The third-order valence-corrected chi connectivity index (χ3v) is 3.30. The van der Waals surface area contributed by atoms with Gasteiger partial charge in [-0.05, 0) is 5.56 Å². The summed E-state index contributed by atoms with van der Waals surface area (Å²) in [6.45, 7) is 0.425. The molecule has 1 amide bonds. The molecule has 1 aromatic carbocycles. The highest BCUT2D eigenvalue weighted by Gasteiger charge is 2.38. The van der Waals surface area contributed by atoms with E-state index in [2.05, 4.69) is 0 Å². The van der Waals surface area contributed by atoms with E-state index >= 15 is 0 Å². The Kier molecular flexibility index (Phi) is 5.42. The summed E-state index contributed by atoms with van der Waals surface area (Å²) >= 11 is 0. The van der Waals surface area contributed by atoms with Crippen LogP contribution in [-0.4, -0.2) is 36.1 Å². The first kappa shape index (κ1) is 16.8. The number of alkyl halides is 3. The molecule has 20 heavy (non-hydrogen) atoms. The molecule has 0 bridgehead atoms. The van der Waals surface area contributed by atoms with Gasteiger partial charge in [0.25, 0.3) is 0 Å². The quantitative estimate of drug-likeness (QED) is 0.911. The molecule has 1 aliphatic heterocycles. The minimum atomic E-state index is -4.47. The summed E-state index contributed by atoms with van der Waals surface area (Å²) in [7, 11) is 0. The average molecular weight is 309 g/mol. The Balaban J connectivity index is 0.00000200. The molecule has 0 spiro atoms. The SMILES string of the molecule is Cl.N[C@@H]1CN(C(=O)CC(F)(F)F)C[C@H]1c1ccccc1. The molecule has 112 valence electrons. The van der Waals surface area contributed by atoms with Crippen LogP contribution in [0.3, 0.4) is 0 Å². The largest absolute Gasteiger partial charge is 0.397 e. The van der Waals surface area contributed by atoms with Crippen molar-refractivity contribution in [2.24, 2.45) is 5.73 Å². The van der Waals surface area contributed by atoms with Crippen LogP contribution in [0.4, 0.5) is 13.2 Å². The topological polar surface area (TPSA) is 46.3 Å². The molecule has 0 aromatic heterocycles. The van der Waals surface area contributed by atoms with Crippen molar-refractivity contribution in [2.45, 2.75) is 24.6 Å². The second-order valence-corrected chi connectivity index (χ2v) is 4.77. The smallest absolute Gasteiger partial charge is 0.340 e. The van der Waals surface area contributed by atoms with Gasteiger partial charge in [-0.1, -0.05) is 30.3 Å². The molecule has 1 heterocycles. The number of carbonyl (C=O) groups is 1. The first-order chi connectivity index (χ1) is 8.87. The van der Waals surface area contributed by atoms with Crippen molar-refractivity contribution in [1.82, 2.24) is 4.90 Å². The van der Waals surface area contributed by atoms with Crippen molar-refractivity contribution in [3.63, 3.8) is 0 Å². The summed E-state index contributed by atoms with van der Waals surface area (Å²) in [6, 6.07) is 8.99. The highest BCUT2D eigenvalue weighted by Crippen LogP contribution is 2.28. The summed E-state index contributed by atoms with van der Waals surface area (Å²) < 4.78 is 36.6. The van der Waals surface area contributed by atoms with Crippen molar-refractivity contribution in [1.29, 1.82) is 0 Å². The van der Waals surface area contributed by atoms with Crippen LogP contribution in [0, 0.1) is 0 Å². The Morgan fingerprint density at radius 3 is 2.40 bits per heavy atom. The van der Waals surface area contributed by atoms with Crippen LogP contribution in [0.25, 0.3) is 0 Å². The van der Waals surface area contributed by atoms with Gasteiger partial charge < -0.3 is 10.6 Å². The number of nitrogens with zero attached hydrogens (tertiary/aromatic N) is 1. The van der Waals surface area contributed by atoms with Gasteiger partial charge >= 0.3 is 6.18 Å². The highest BCUT2D eigenvalue weighted by atomic mass is 35.5. The van der Waals surface area contributed by atoms with Crippen LogP contribution < -0.4 is 5.73 Å². The van der Waals surface area contributed by atoms with Crippen molar-refractivity contribution >= 4 is 18.3 Å². The maximum Gasteiger partial charge on any atom is 0.397 e. The fourth-order valence-corrected chi connectivity index (χ4v) is 2.37. The van der Waals surface area contributed by atoms with Crippen LogP contribution in [0.2, 0.25) is 0 Å². The normalized spacial score (nSPS) is 22.5. The van der Waals surface area contributed by atoms with Crippen molar-refractivity contribution < 1.29 is 18.0 Å². The lowest BCUT2D eigenvalue weighted by atomic mass is 9.95. The molecular weight excluding hydrogens is 293 g/mol. The predicted octanol–water partition coefficient (Wildman–Crippen LogP) is 2.31.